The Bertz CT molecular complexity index is 518. The molecule has 1 aromatic rings. The lowest BCUT2D eigenvalue weighted by Crippen LogP contribution is -2.55. The van der Waals surface area contributed by atoms with Crippen LogP contribution in [0, 0.1) is 11.8 Å². The lowest BCUT2D eigenvalue weighted by Gasteiger charge is -2.48. The molecule has 0 aromatic carbocycles. The van der Waals surface area contributed by atoms with Crippen molar-refractivity contribution in [3.63, 3.8) is 0 Å². The maximum absolute atomic E-state index is 11.2. The maximum Gasteiger partial charge on any atom is 0.240 e. The molecule has 0 spiro atoms. The van der Waals surface area contributed by atoms with Crippen LogP contribution in [0.15, 0.2) is 4.52 Å². The molecular weight excluding hydrogens is 310 g/mol. The highest BCUT2D eigenvalue weighted by atomic mass is 16.5. The summed E-state index contributed by atoms with van der Waals surface area (Å²) in [5.74, 6) is 1.91. The summed E-state index contributed by atoms with van der Waals surface area (Å²) < 4.78 is 15.8. The third-order valence-electron chi connectivity index (χ3n) is 5.54. The van der Waals surface area contributed by atoms with Gasteiger partial charge in [0.1, 0.15) is 0 Å². The molecule has 7 heteroatoms. The Hall–Kier alpha value is -1.02. The minimum atomic E-state index is -0.571. The molecule has 0 amide bonds. The third-order valence-corrected chi connectivity index (χ3v) is 5.54. The zero-order chi connectivity index (χ0) is 17.0. The minimum absolute atomic E-state index is 0.227. The first-order valence-electron chi connectivity index (χ1n) is 8.94. The number of likely N-dealkylation sites (tertiary alicyclic amines) is 1. The summed E-state index contributed by atoms with van der Waals surface area (Å²) in [6.07, 6.45) is 3.39. The van der Waals surface area contributed by atoms with Crippen molar-refractivity contribution in [3.05, 3.63) is 11.7 Å². The van der Waals surface area contributed by atoms with Crippen molar-refractivity contribution in [3.8, 4) is 0 Å². The van der Waals surface area contributed by atoms with Crippen LogP contribution in [-0.2, 0) is 22.4 Å². The van der Waals surface area contributed by atoms with Crippen molar-refractivity contribution in [2.45, 2.75) is 44.8 Å². The summed E-state index contributed by atoms with van der Waals surface area (Å²) in [7, 11) is 1.66. The van der Waals surface area contributed by atoms with Gasteiger partial charge in [0.25, 0.3) is 0 Å². The highest BCUT2D eigenvalue weighted by Gasteiger charge is 2.45. The van der Waals surface area contributed by atoms with Crippen molar-refractivity contribution in [2.75, 3.05) is 40.0 Å². The molecule has 24 heavy (non-hydrogen) atoms. The Morgan fingerprint density at radius 2 is 2.17 bits per heavy atom. The number of ether oxygens (including phenoxy) is 2. The number of aliphatic hydroxyl groups is 1. The Morgan fingerprint density at radius 1 is 1.38 bits per heavy atom. The van der Waals surface area contributed by atoms with E-state index in [0.29, 0.717) is 37.2 Å². The smallest absolute Gasteiger partial charge is 0.240 e. The summed E-state index contributed by atoms with van der Waals surface area (Å²) in [5, 5.41) is 15.2. The van der Waals surface area contributed by atoms with Crippen LogP contribution in [0.3, 0.4) is 0 Å². The van der Waals surface area contributed by atoms with Crippen molar-refractivity contribution in [2.24, 2.45) is 11.8 Å². The SMILES string of the molecule is COCCc1noc(CN2CC[C@@](O)(C3CCOCC3)[C@H](C)C2)n1. The van der Waals surface area contributed by atoms with Crippen LogP contribution in [0.4, 0.5) is 0 Å². The summed E-state index contributed by atoms with van der Waals surface area (Å²) >= 11 is 0. The Balaban J connectivity index is 1.54. The Kier molecular flexibility index (Phi) is 5.86. The van der Waals surface area contributed by atoms with E-state index in [1.165, 1.54) is 0 Å². The van der Waals surface area contributed by atoms with Gasteiger partial charge in [0, 0.05) is 39.8 Å². The van der Waals surface area contributed by atoms with E-state index in [1.807, 2.05) is 0 Å². The number of hydrogen-bond donors (Lipinski definition) is 1. The van der Waals surface area contributed by atoms with Gasteiger partial charge in [0.15, 0.2) is 5.82 Å². The van der Waals surface area contributed by atoms with E-state index < -0.39 is 5.60 Å². The highest BCUT2D eigenvalue weighted by Crippen LogP contribution is 2.39. The fourth-order valence-corrected chi connectivity index (χ4v) is 4.01. The predicted octanol–water partition coefficient (Wildman–Crippen LogP) is 1.26. The zero-order valence-electron chi connectivity index (χ0n) is 14.7. The van der Waals surface area contributed by atoms with Gasteiger partial charge in [-0.2, -0.15) is 4.98 Å². The molecule has 1 aromatic heterocycles. The zero-order valence-corrected chi connectivity index (χ0v) is 14.7. The highest BCUT2D eigenvalue weighted by molar-refractivity contribution is 4.97. The van der Waals surface area contributed by atoms with Gasteiger partial charge in [-0.15, -0.1) is 0 Å². The van der Waals surface area contributed by atoms with E-state index in [4.69, 9.17) is 14.0 Å². The Labute approximate surface area is 143 Å². The molecule has 3 heterocycles. The largest absolute Gasteiger partial charge is 0.389 e. The van der Waals surface area contributed by atoms with Gasteiger partial charge < -0.3 is 19.1 Å². The number of piperidine rings is 1. The van der Waals surface area contributed by atoms with Gasteiger partial charge in [0.2, 0.25) is 5.89 Å². The average Bonchev–Trinajstić information content (AvgIpc) is 3.04. The van der Waals surface area contributed by atoms with Crippen LogP contribution in [0.5, 0.6) is 0 Å². The monoisotopic (exact) mass is 339 g/mol. The average molecular weight is 339 g/mol. The van der Waals surface area contributed by atoms with Gasteiger partial charge in [-0.3, -0.25) is 4.90 Å². The summed E-state index contributed by atoms with van der Waals surface area (Å²) in [6.45, 7) is 6.65. The number of methoxy groups -OCH3 is 1. The van der Waals surface area contributed by atoms with E-state index in [-0.39, 0.29) is 5.92 Å². The third kappa shape index (κ3) is 3.96. The van der Waals surface area contributed by atoms with E-state index in [2.05, 4.69) is 22.0 Å². The first-order valence-corrected chi connectivity index (χ1v) is 8.94. The summed E-state index contributed by atoms with van der Waals surface area (Å²) in [5.41, 5.74) is -0.571. The molecule has 2 atom stereocenters. The van der Waals surface area contributed by atoms with Crippen molar-refractivity contribution >= 4 is 0 Å². The van der Waals surface area contributed by atoms with Crippen molar-refractivity contribution in [1.29, 1.82) is 0 Å². The molecule has 0 aliphatic carbocycles. The second-order valence-electron chi connectivity index (χ2n) is 7.11. The molecular formula is C17H29N3O4. The van der Waals surface area contributed by atoms with Crippen molar-refractivity contribution < 1.29 is 19.1 Å². The molecule has 1 N–H and O–H groups in total. The Morgan fingerprint density at radius 3 is 2.88 bits per heavy atom. The molecule has 3 rings (SSSR count). The number of nitrogens with zero attached hydrogens (tertiary/aromatic N) is 3. The van der Waals surface area contributed by atoms with Gasteiger partial charge in [-0.25, -0.2) is 0 Å². The molecule has 2 aliphatic rings. The van der Waals surface area contributed by atoms with Gasteiger partial charge >= 0.3 is 0 Å². The standard InChI is InChI=1S/C17H29N3O4/c1-13-11-20(12-16-18-15(19-24-16)5-8-22-2)7-6-17(13,21)14-3-9-23-10-4-14/h13-14,21H,3-12H2,1-2H3/t13-,17+/m1/s1. The summed E-state index contributed by atoms with van der Waals surface area (Å²) in [6, 6.07) is 0. The minimum Gasteiger partial charge on any atom is -0.389 e. The topological polar surface area (TPSA) is 80.9 Å². The lowest BCUT2D eigenvalue weighted by molar-refractivity contribution is -0.132. The fourth-order valence-electron chi connectivity index (χ4n) is 4.01. The van der Waals surface area contributed by atoms with Crippen LogP contribution in [0.2, 0.25) is 0 Å². The fraction of sp³-hybridized carbons (Fsp3) is 0.882. The van der Waals surface area contributed by atoms with Crippen LogP contribution >= 0.6 is 0 Å². The second-order valence-corrected chi connectivity index (χ2v) is 7.11. The van der Waals surface area contributed by atoms with Gasteiger partial charge in [-0.1, -0.05) is 12.1 Å². The molecule has 7 nitrogen and oxygen atoms in total. The van der Waals surface area contributed by atoms with E-state index in [9.17, 15) is 5.11 Å². The van der Waals surface area contributed by atoms with E-state index in [1.54, 1.807) is 7.11 Å². The molecule has 0 saturated carbocycles. The lowest BCUT2D eigenvalue weighted by atomic mass is 9.70. The van der Waals surface area contributed by atoms with E-state index >= 15 is 0 Å². The van der Waals surface area contributed by atoms with Gasteiger partial charge in [0.05, 0.1) is 18.8 Å². The van der Waals surface area contributed by atoms with Crippen LogP contribution in [0.1, 0.15) is 37.9 Å². The molecule has 2 saturated heterocycles. The molecule has 136 valence electrons. The van der Waals surface area contributed by atoms with Crippen LogP contribution in [-0.4, -0.2) is 65.8 Å². The van der Waals surface area contributed by atoms with Crippen molar-refractivity contribution in [1.82, 2.24) is 15.0 Å². The molecule has 0 bridgehead atoms. The van der Waals surface area contributed by atoms with Gasteiger partial charge in [-0.05, 0) is 31.1 Å². The summed E-state index contributed by atoms with van der Waals surface area (Å²) in [4.78, 5) is 6.71. The maximum atomic E-state index is 11.2. The predicted molar refractivity (Wildman–Crippen MR) is 87.4 cm³/mol. The van der Waals surface area contributed by atoms with Crippen LogP contribution < -0.4 is 0 Å². The quantitative estimate of drug-likeness (QED) is 0.835. The normalized spacial score (nSPS) is 29.9. The number of aromatic nitrogens is 2. The second kappa shape index (κ2) is 7.91. The molecule has 2 fully saturated rings. The first kappa shape index (κ1) is 17.8. The molecule has 2 aliphatic heterocycles. The number of hydrogen-bond acceptors (Lipinski definition) is 7. The van der Waals surface area contributed by atoms with E-state index in [0.717, 1.165) is 45.6 Å². The molecule has 0 unspecified atom stereocenters. The van der Waals surface area contributed by atoms with Crippen LogP contribution in [0.25, 0.3) is 0 Å². The molecule has 0 radical (unpaired) electrons. The number of rotatable bonds is 6. The first-order chi connectivity index (χ1) is 11.6.